The number of nitrogens with zero attached hydrogens (tertiary/aromatic N) is 2. The molecule has 0 aromatic carbocycles. The van der Waals surface area contributed by atoms with Gasteiger partial charge in [0.2, 0.25) is 0 Å². The first kappa shape index (κ1) is 9.71. The maximum absolute atomic E-state index is 5.65. The second-order valence-corrected chi connectivity index (χ2v) is 2.95. The molecule has 12 heavy (non-hydrogen) atoms. The smallest absolute Gasteiger partial charge is 0.134 e. The number of methoxy groups -OCH3 is 1. The number of rotatable bonds is 3. The molecule has 1 rings (SSSR count). The molecule has 5 heteroatoms. The quantitative estimate of drug-likeness (QED) is 0.710. The summed E-state index contributed by atoms with van der Waals surface area (Å²) in [5.41, 5.74) is 0. The number of aromatic nitrogens is 2. The van der Waals surface area contributed by atoms with Crippen molar-refractivity contribution >= 4 is 23.2 Å². The van der Waals surface area contributed by atoms with Crippen LogP contribution in [0.1, 0.15) is 5.82 Å². The van der Waals surface area contributed by atoms with E-state index in [1.54, 1.807) is 7.11 Å². The molecule has 1 aromatic heterocycles. The van der Waals surface area contributed by atoms with Crippen LogP contribution in [0.25, 0.3) is 0 Å². The molecular weight excluding hydrogens is 199 g/mol. The van der Waals surface area contributed by atoms with E-state index in [0.717, 1.165) is 0 Å². The van der Waals surface area contributed by atoms with Crippen molar-refractivity contribution in [1.82, 2.24) is 9.97 Å². The van der Waals surface area contributed by atoms with Crippen molar-refractivity contribution in [2.45, 2.75) is 6.42 Å². The van der Waals surface area contributed by atoms with Gasteiger partial charge in [-0.05, 0) is 0 Å². The van der Waals surface area contributed by atoms with Gasteiger partial charge in [-0.3, -0.25) is 0 Å². The maximum Gasteiger partial charge on any atom is 0.134 e. The topological polar surface area (TPSA) is 35.0 Å². The fraction of sp³-hybridized carbons (Fsp3) is 0.429. The van der Waals surface area contributed by atoms with Crippen LogP contribution < -0.4 is 0 Å². The van der Waals surface area contributed by atoms with E-state index >= 15 is 0 Å². The van der Waals surface area contributed by atoms with Crippen molar-refractivity contribution in [2.75, 3.05) is 13.7 Å². The zero-order valence-electron chi connectivity index (χ0n) is 6.55. The van der Waals surface area contributed by atoms with Crippen molar-refractivity contribution < 1.29 is 4.74 Å². The predicted octanol–water partition coefficient (Wildman–Crippen LogP) is 1.97. The molecule has 0 atom stereocenters. The van der Waals surface area contributed by atoms with E-state index < -0.39 is 0 Å². The van der Waals surface area contributed by atoms with Gasteiger partial charge in [0.1, 0.15) is 16.1 Å². The lowest BCUT2D eigenvalue weighted by Crippen LogP contribution is -2.00. The van der Waals surface area contributed by atoms with E-state index in [9.17, 15) is 0 Å². The average Bonchev–Trinajstić information content (AvgIpc) is 1.99. The van der Waals surface area contributed by atoms with Crippen molar-refractivity contribution in [1.29, 1.82) is 0 Å². The van der Waals surface area contributed by atoms with Gasteiger partial charge < -0.3 is 4.74 Å². The highest BCUT2D eigenvalue weighted by Crippen LogP contribution is 2.11. The molecular formula is C7H8Cl2N2O. The van der Waals surface area contributed by atoms with Gasteiger partial charge in [0.15, 0.2) is 0 Å². The van der Waals surface area contributed by atoms with Crippen LogP contribution in [0.2, 0.25) is 10.3 Å². The number of ether oxygens (including phenoxy) is 1. The summed E-state index contributed by atoms with van der Waals surface area (Å²) in [6.45, 7) is 0.566. The van der Waals surface area contributed by atoms with Gasteiger partial charge in [-0.2, -0.15) is 0 Å². The minimum absolute atomic E-state index is 0.362. The Kier molecular flexibility index (Phi) is 3.72. The van der Waals surface area contributed by atoms with Crippen LogP contribution in [0.4, 0.5) is 0 Å². The Morgan fingerprint density at radius 3 is 2.42 bits per heavy atom. The zero-order valence-corrected chi connectivity index (χ0v) is 8.06. The normalized spacial score (nSPS) is 10.2. The monoisotopic (exact) mass is 206 g/mol. The Bertz CT molecular complexity index is 247. The molecule has 0 N–H and O–H groups in total. The van der Waals surface area contributed by atoms with Crippen molar-refractivity contribution in [2.24, 2.45) is 0 Å². The van der Waals surface area contributed by atoms with E-state index in [-0.39, 0.29) is 0 Å². The van der Waals surface area contributed by atoms with Crippen molar-refractivity contribution in [3.8, 4) is 0 Å². The molecule has 0 aliphatic heterocycles. The second-order valence-electron chi connectivity index (χ2n) is 2.17. The van der Waals surface area contributed by atoms with E-state index in [1.165, 1.54) is 6.07 Å². The molecule has 0 amide bonds. The number of hydrogen-bond donors (Lipinski definition) is 0. The minimum atomic E-state index is 0.362. The van der Waals surface area contributed by atoms with Crippen LogP contribution in [0.5, 0.6) is 0 Å². The highest BCUT2D eigenvalue weighted by atomic mass is 35.5. The van der Waals surface area contributed by atoms with Gasteiger partial charge in [0.05, 0.1) is 6.61 Å². The zero-order chi connectivity index (χ0) is 8.97. The predicted molar refractivity (Wildman–Crippen MR) is 47.6 cm³/mol. The highest BCUT2D eigenvalue weighted by Gasteiger charge is 2.00. The summed E-state index contributed by atoms with van der Waals surface area (Å²) in [5.74, 6) is 0.606. The van der Waals surface area contributed by atoms with Crippen LogP contribution in [0, 0.1) is 0 Å². The Labute approximate surface area is 80.7 Å². The second kappa shape index (κ2) is 4.60. The molecule has 0 fully saturated rings. The first-order valence-corrected chi connectivity index (χ1v) is 4.16. The van der Waals surface area contributed by atoms with Gasteiger partial charge in [-0.25, -0.2) is 9.97 Å². The summed E-state index contributed by atoms with van der Waals surface area (Å²) < 4.78 is 4.86. The van der Waals surface area contributed by atoms with Crippen LogP contribution in [0.3, 0.4) is 0 Å². The number of halogens is 2. The molecule has 3 nitrogen and oxygen atoms in total. The van der Waals surface area contributed by atoms with Crippen LogP contribution in [0.15, 0.2) is 6.07 Å². The van der Waals surface area contributed by atoms with E-state index in [1.807, 2.05) is 0 Å². The third-order valence-corrected chi connectivity index (χ3v) is 1.63. The first-order valence-electron chi connectivity index (χ1n) is 3.40. The Hall–Kier alpha value is -0.380. The summed E-state index contributed by atoms with van der Waals surface area (Å²) in [6, 6.07) is 1.50. The van der Waals surface area contributed by atoms with Gasteiger partial charge in [0.25, 0.3) is 0 Å². The molecule has 0 spiro atoms. The summed E-state index contributed by atoms with van der Waals surface area (Å²) in [4.78, 5) is 7.92. The van der Waals surface area contributed by atoms with Gasteiger partial charge in [0, 0.05) is 19.6 Å². The molecule has 1 aromatic rings. The SMILES string of the molecule is COCCc1nc(Cl)cc(Cl)n1. The molecule has 0 saturated carbocycles. The molecule has 0 unspecified atom stereocenters. The lowest BCUT2D eigenvalue weighted by molar-refractivity contribution is 0.200. The Morgan fingerprint density at radius 2 is 1.92 bits per heavy atom. The van der Waals surface area contributed by atoms with Crippen LogP contribution >= 0.6 is 23.2 Å². The van der Waals surface area contributed by atoms with Gasteiger partial charge >= 0.3 is 0 Å². The standard InChI is InChI=1S/C7H8Cl2N2O/c1-12-3-2-7-10-5(8)4-6(9)11-7/h4H,2-3H2,1H3. The molecule has 0 saturated heterocycles. The average molecular weight is 207 g/mol. The highest BCUT2D eigenvalue weighted by molar-refractivity contribution is 6.33. The maximum atomic E-state index is 5.65. The fourth-order valence-electron chi connectivity index (χ4n) is 0.740. The molecule has 1 heterocycles. The molecule has 0 bridgehead atoms. The third kappa shape index (κ3) is 2.93. The molecule has 0 aliphatic carbocycles. The molecule has 66 valence electrons. The van der Waals surface area contributed by atoms with Crippen molar-refractivity contribution in [3.05, 3.63) is 22.2 Å². The van der Waals surface area contributed by atoms with Crippen molar-refractivity contribution in [3.63, 3.8) is 0 Å². The van der Waals surface area contributed by atoms with Gasteiger partial charge in [-0.15, -0.1) is 0 Å². The summed E-state index contributed by atoms with van der Waals surface area (Å²) in [7, 11) is 1.62. The van der Waals surface area contributed by atoms with E-state index in [2.05, 4.69) is 9.97 Å². The fourth-order valence-corrected chi connectivity index (χ4v) is 1.20. The molecule has 0 aliphatic rings. The lowest BCUT2D eigenvalue weighted by atomic mass is 10.4. The number of hydrogen-bond acceptors (Lipinski definition) is 3. The van der Waals surface area contributed by atoms with Gasteiger partial charge in [-0.1, -0.05) is 23.2 Å². The summed E-state index contributed by atoms with van der Waals surface area (Å²) >= 11 is 11.3. The summed E-state index contributed by atoms with van der Waals surface area (Å²) in [5, 5.41) is 0.724. The van der Waals surface area contributed by atoms with E-state index in [4.69, 9.17) is 27.9 Å². The van der Waals surface area contributed by atoms with E-state index in [0.29, 0.717) is 29.2 Å². The van der Waals surface area contributed by atoms with Crippen LogP contribution in [-0.2, 0) is 11.2 Å². The lowest BCUT2D eigenvalue weighted by Gasteiger charge is -1.99. The first-order chi connectivity index (χ1) is 5.72. The Morgan fingerprint density at radius 1 is 1.33 bits per heavy atom. The van der Waals surface area contributed by atoms with Crippen LogP contribution in [-0.4, -0.2) is 23.7 Å². The minimum Gasteiger partial charge on any atom is -0.384 e. The summed E-state index contributed by atoms with van der Waals surface area (Å²) in [6.07, 6.45) is 0.622. The Balaban J connectivity index is 2.72. The third-order valence-electron chi connectivity index (χ3n) is 1.24. The largest absolute Gasteiger partial charge is 0.384 e. The molecule has 0 radical (unpaired) electrons.